The lowest BCUT2D eigenvalue weighted by atomic mass is 10.0. The summed E-state index contributed by atoms with van der Waals surface area (Å²) in [4.78, 5) is 0. The van der Waals surface area contributed by atoms with Crippen LogP contribution in [0, 0.1) is 0 Å². The Labute approximate surface area is 71.3 Å². The van der Waals surface area contributed by atoms with E-state index in [1.165, 1.54) is 0 Å². The van der Waals surface area contributed by atoms with Crippen molar-refractivity contribution < 1.29 is 26.9 Å². The van der Waals surface area contributed by atoms with Gasteiger partial charge in [-0.25, -0.2) is 0 Å². The van der Waals surface area contributed by atoms with Crippen LogP contribution >= 0.6 is 0 Å². The maximum absolute atomic E-state index is 9.09. The van der Waals surface area contributed by atoms with Gasteiger partial charge in [-0.15, -0.1) is 0 Å². The fraction of sp³-hybridized carbons (Fsp3) is 1.00. The van der Waals surface area contributed by atoms with E-state index in [9.17, 15) is 0 Å². The van der Waals surface area contributed by atoms with E-state index in [0.29, 0.717) is 0 Å². The van der Waals surface area contributed by atoms with Gasteiger partial charge in [0.25, 0.3) is 0 Å². The molecule has 0 rings (SSSR count). The molecule has 0 amide bonds. The number of hydrogen-bond donors (Lipinski definition) is 6. The maximum atomic E-state index is 9.09. The molecule has 0 bridgehead atoms. The zero-order valence-corrected chi connectivity index (χ0v) is 6.41. The third kappa shape index (κ3) is 3.02. The molecule has 0 aromatic heterocycles. The van der Waals surface area contributed by atoms with Gasteiger partial charge in [-0.1, -0.05) is 0 Å². The van der Waals surface area contributed by atoms with Crippen molar-refractivity contribution in [2.75, 3.05) is 13.1 Å². The minimum absolute atomic E-state index is 0.752. The van der Waals surface area contributed by atoms with Crippen LogP contribution in [0.1, 0.15) is 1.37 Å². The fourth-order valence-corrected chi connectivity index (χ4v) is 0.651. The number of hydrogen-bond acceptors (Lipinski definition) is 6. The van der Waals surface area contributed by atoms with Gasteiger partial charge in [0.2, 0.25) is 0 Å². The lowest BCUT2D eigenvalue weighted by Gasteiger charge is -2.24. The predicted octanol–water partition coefficient (Wildman–Crippen LogP) is -3.62. The summed E-state index contributed by atoms with van der Waals surface area (Å²) in [5.41, 5.74) is 4.92. The molecule has 74 valence electrons. The summed E-state index contributed by atoms with van der Waals surface area (Å²) in [5.74, 6) is 0. The van der Waals surface area contributed by atoms with E-state index in [2.05, 4.69) is 0 Å². The van der Waals surface area contributed by atoms with Crippen LogP contribution in [0.5, 0.6) is 0 Å². The first kappa shape index (κ1) is 9.85. The Morgan fingerprint density at radius 1 is 1.08 bits per heavy atom. The van der Waals surface area contributed by atoms with Crippen LogP contribution in [0.4, 0.5) is 0 Å². The van der Waals surface area contributed by atoms with Gasteiger partial charge in [-0.2, -0.15) is 0 Å². The Morgan fingerprint density at radius 2 is 1.50 bits per heavy atom. The summed E-state index contributed by atoms with van der Waals surface area (Å²) in [5, 5.41) is 44.4. The van der Waals surface area contributed by atoms with E-state index in [1.807, 2.05) is 0 Å². The molecule has 0 spiro atoms. The second-order valence-electron chi connectivity index (χ2n) is 2.41. The van der Waals surface area contributed by atoms with E-state index in [0.717, 1.165) is 0 Å². The molecule has 0 aromatic carbocycles. The van der Waals surface area contributed by atoms with Crippen molar-refractivity contribution in [3.63, 3.8) is 0 Å². The Balaban J connectivity index is 4.15. The molecule has 7 N–H and O–H groups in total. The number of aliphatic hydroxyl groups is 5. The monoisotopic (exact) mass is 182 g/mol. The van der Waals surface area contributed by atoms with Gasteiger partial charge in [0.15, 0.2) is 0 Å². The average Bonchev–Trinajstić information content (AvgIpc) is 2.12. The average molecular weight is 182 g/mol. The molecule has 0 saturated carbocycles. The van der Waals surface area contributed by atoms with Crippen LogP contribution in [0.2, 0.25) is 0 Å². The summed E-state index contributed by atoms with van der Waals surface area (Å²) in [7, 11) is 0. The van der Waals surface area contributed by atoms with Crippen molar-refractivity contribution >= 4 is 0 Å². The van der Waals surface area contributed by atoms with E-state index >= 15 is 0 Å². The molecule has 1 unspecified atom stereocenters. The number of nitrogens with two attached hydrogens (primary N) is 1. The summed E-state index contributed by atoms with van der Waals surface area (Å²) in [6.07, 6.45) is -6.72. The first-order chi connectivity index (χ1) is 5.91. The van der Waals surface area contributed by atoms with Crippen LogP contribution in [-0.2, 0) is 0 Å². The third-order valence-corrected chi connectivity index (χ3v) is 1.48. The van der Waals surface area contributed by atoms with Crippen molar-refractivity contribution in [2.45, 2.75) is 24.4 Å². The van der Waals surface area contributed by atoms with Gasteiger partial charge in [0, 0.05) is 7.89 Å². The number of rotatable bonds is 5. The molecular weight excluding hydrogens is 166 g/mol. The zero-order valence-electron chi connectivity index (χ0n) is 7.41. The van der Waals surface area contributed by atoms with Gasteiger partial charge in [0.1, 0.15) is 18.3 Å². The molecule has 6 nitrogen and oxygen atoms in total. The van der Waals surface area contributed by atoms with Crippen molar-refractivity contribution in [1.29, 1.82) is 0 Å². The molecule has 0 saturated heterocycles. The first-order valence-electron chi connectivity index (χ1n) is 4.00. The fourth-order valence-electron chi connectivity index (χ4n) is 0.651. The maximum Gasteiger partial charge on any atom is 0.111 e. The quantitative estimate of drug-likeness (QED) is 0.260. The van der Waals surface area contributed by atoms with Crippen molar-refractivity contribution in [1.82, 2.24) is 0 Å². The first-order valence-corrected chi connectivity index (χ1v) is 3.42. The Bertz CT molecular complexity index is 147. The number of aliphatic hydroxyl groups excluding tert-OH is 5. The van der Waals surface area contributed by atoms with Crippen LogP contribution in [0.3, 0.4) is 0 Å². The second-order valence-corrected chi connectivity index (χ2v) is 2.41. The van der Waals surface area contributed by atoms with E-state index in [1.54, 1.807) is 0 Å². The van der Waals surface area contributed by atoms with Crippen molar-refractivity contribution in [3.8, 4) is 0 Å². The molecule has 0 aromatic rings. The van der Waals surface area contributed by atoms with Gasteiger partial charge in [-0.05, 0) is 0 Å². The lowest BCUT2D eigenvalue weighted by molar-refractivity contribution is -0.112. The van der Waals surface area contributed by atoms with Gasteiger partial charge < -0.3 is 31.3 Å². The summed E-state index contributed by atoms with van der Waals surface area (Å²) in [6.45, 7) is -2.23. The molecule has 5 atom stereocenters. The van der Waals surface area contributed by atoms with E-state index in [4.69, 9.17) is 32.6 Å². The smallest absolute Gasteiger partial charge is 0.111 e. The van der Waals surface area contributed by atoms with Crippen LogP contribution in [0.25, 0.3) is 0 Å². The molecule has 0 aliphatic rings. The second kappa shape index (κ2) is 5.41. The summed E-state index contributed by atoms with van der Waals surface area (Å²) in [6, 6.07) is 0. The molecule has 12 heavy (non-hydrogen) atoms. The zero-order chi connectivity index (χ0) is 10.6. The largest absolute Gasteiger partial charge is 0.394 e. The lowest BCUT2D eigenvalue weighted by Crippen LogP contribution is -2.48. The standard InChI is InChI=1S/C6H15NO5/c7-1-3(9)5(11)6(12)4(10)2-8/h3-6,8-12H,1-2,7H2/t3-,4+,5+,6+/m0/s1/i1D/t1?,3-,4+,5+,6+. The summed E-state index contributed by atoms with van der Waals surface area (Å²) < 4.78 is 6.82. The molecule has 0 fully saturated rings. The van der Waals surface area contributed by atoms with Crippen LogP contribution in [0.15, 0.2) is 0 Å². The molecular formula is C6H15NO5. The van der Waals surface area contributed by atoms with Gasteiger partial charge in [-0.3, -0.25) is 0 Å². The summed E-state index contributed by atoms with van der Waals surface area (Å²) >= 11 is 0. The highest BCUT2D eigenvalue weighted by atomic mass is 16.4. The van der Waals surface area contributed by atoms with Crippen molar-refractivity contribution in [3.05, 3.63) is 0 Å². The third-order valence-electron chi connectivity index (χ3n) is 1.48. The Hall–Kier alpha value is -0.240. The molecule has 0 heterocycles. The van der Waals surface area contributed by atoms with Crippen molar-refractivity contribution in [2.24, 2.45) is 5.73 Å². The highest BCUT2D eigenvalue weighted by Crippen LogP contribution is 2.03. The molecule has 6 heteroatoms. The normalized spacial score (nSPS) is 25.3. The Morgan fingerprint density at radius 3 is 1.83 bits per heavy atom. The highest BCUT2D eigenvalue weighted by Gasteiger charge is 2.28. The topological polar surface area (TPSA) is 127 Å². The highest BCUT2D eigenvalue weighted by molar-refractivity contribution is 4.80. The molecule has 0 radical (unpaired) electrons. The van der Waals surface area contributed by atoms with E-state index in [-0.39, 0.29) is 0 Å². The van der Waals surface area contributed by atoms with Gasteiger partial charge in [0.05, 0.1) is 12.7 Å². The van der Waals surface area contributed by atoms with E-state index < -0.39 is 37.5 Å². The minimum Gasteiger partial charge on any atom is -0.394 e. The SMILES string of the molecule is [2H]C(N)[C@H](O)[C@@H](O)[C@H](O)[C@H](O)CO. The molecule has 0 aliphatic carbocycles. The Kier molecular flexibility index (Phi) is 4.44. The minimum atomic E-state index is -1.75. The predicted molar refractivity (Wildman–Crippen MR) is 40.2 cm³/mol. The molecule has 0 aliphatic heterocycles. The van der Waals surface area contributed by atoms with Crippen LogP contribution < -0.4 is 5.73 Å². The van der Waals surface area contributed by atoms with Gasteiger partial charge >= 0.3 is 0 Å². The van der Waals surface area contributed by atoms with Crippen LogP contribution in [-0.4, -0.2) is 63.1 Å².